The molecule has 1 unspecified atom stereocenters. The average Bonchev–Trinajstić information content (AvgIpc) is 2.59. The lowest BCUT2D eigenvalue weighted by Gasteiger charge is -2.18. The van der Waals surface area contributed by atoms with E-state index >= 15 is 0 Å². The van der Waals surface area contributed by atoms with Gasteiger partial charge in [0.25, 0.3) is 0 Å². The largest absolute Gasteiger partial charge is 0.389 e. The molecule has 1 saturated heterocycles. The minimum absolute atomic E-state index is 0.535. The summed E-state index contributed by atoms with van der Waals surface area (Å²) in [5.74, 6) is 0. The molecule has 2 rings (SSSR count). The highest BCUT2D eigenvalue weighted by Crippen LogP contribution is 2.21. The van der Waals surface area contributed by atoms with Crippen molar-refractivity contribution in [1.82, 2.24) is 4.90 Å². The van der Waals surface area contributed by atoms with Gasteiger partial charge >= 0.3 is 0 Å². The second-order valence-electron chi connectivity index (χ2n) is 4.77. The predicted octanol–water partition coefficient (Wildman–Crippen LogP) is 1.51. The SMILES string of the molecule is CC1(O)CCN(Cc2ccc(C#N)cc2)C1. The van der Waals surface area contributed by atoms with E-state index in [-0.39, 0.29) is 0 Å². The van der Waals surface area contributed by atoms with Crippen molar-refractivity contribution in [2.24, 2.45) is 0 Å². The number of nitrogens with zero attached hydrogens (tertiary/aromatic N) is 2. The van der Waals surface area contributed by atoms with E-state index in [0.29, 0.717) is 5.56 Å². The second-order valence-corrected chi connectivity index (χ2v) is 4.77. The van der Waals surface area contributed by atoms with Crippen molar-refractivity contribution >= 4 is 0 Å². The quantitative estimate of drug-likeness (QED) is 0.815. The standard InChI is InChI=1S/C13H16N2O/c1-13(16)6-7-15(10-13)9-12-4-2-11(8-14)3-5-12/h2-5,16H,6-7,9-10H2,1H3. The molecular weight excluding hydrogens is 200 g/mol. The zero-order valence-electron chi connectivity index (χ0n) is 9.48. The van der Waals surface area contributed by atoms with Gasteiger partial charge < -0.3 is 5.11 Å². The number of nitriles is 1. The Labute approximate surface area is 95.9 Å². The van der Waals surface area contributed by atoms with E-state index in [4.69, 9.17) is 5.26 Å². The van der Waals surface area contributed by atoms with Crippen LogP contribution < -0.4 is 0 Å². The molecule has 1 heterocycles. The minimum Gasteiger partial charge on any atom is -0.389 e. The van der Waals surface area contributed by atoms with Crippen molar-refractivity contribution in [2.75, 3.05) is 13.1 Å². The number of hydrogen-bond donors (Lipinski definition) is 1. The van der Waals surface area contributed by atoms with Crippen LogP contribution in [-0.4, -0.2) is 28.7 Å². The summed E-state index contributed by atoms with van der Waals surface area (Å²) in [5, 5.41) is 18.5. The van der Waals surface area contributed by atoms with Crippen molar-refractivity contribution in [3.05, 3.63) is 35.4 Å². The van der Waals surface area contributed by atoms with Crippen LogP contribution in [0.15, 0.2) is 24.3 Å². The van der Waals surface area contributed by atoms with Gasteiger partial charge in [-0.05, 0) is 31.0 Å². The van der Waals surface area contributed by atoms with E-state index in [0.717, 1.165) is 26.1 Å². The molecule has 0 bridgehead atoms. The van der Waals surface area contributed by atoms with Gasteiger partial charge in [0.2, 0.25) is 0 Å². The zero-order chi connectivity index (χ0) is 11.6. The van der Waals surface area contributed by atoms with Crippen LogP contribution in [-0.2, 0) is 6.54 Å². The Morgan fingerprint density at radius 2 is 2.12 bits per heavy atom. The molecule has 0 saturated carbocycles. The van der Waals surface area contributed by atoms with E-state index < -0.39 is 5.60 Å². The van der Waals surface area contributed by atoms with Gasteiger partial charge in [-0.3, -0.25) is 4.90 Å². The summed E-state index contributed by atoms with van der Waals surface area (Å²) in [6, 6.07) is 9.74. The molecule has 1 aliphatic heterocycles. The van der Waals surface area contributed by atoms with Crippen LogP contribution in [0.2, 0.25) is 0 Å². The van der Waals surface area contributed by atoms with Crippen LogP contribution in [0.5, 0.6) is 0 Å². The van der Waals surface area contributed by atoms with Gasteiger partial charge in [-0.15, -0.1) is 0 Å². The number of β-amino-alcohol motifs (C(OH)–C–C–N with tert-alkyl or cyclic N) is 1. The van der Waals surface area contributed by atoms with E-state index in [2.05, 4.69) is 11.0 Å². The topological polar surface area (TPSA) is 47.3 Å². The smallest absolute Gasteiger partial charge is 0.0991 e. The first-order chi connectivity index (χ1) is 7.59. The van der Waals surface area contributed by atoms with Gasteiger partial charge in [-0.1, -0.05) is 12.1 Å². The first-order valence-corrected chi connectivity index (χ1v) is 5.53. The van der Waals surface area contributed by atoms with Gasteiger partial charge in [0.15, 0.2) is 0 Å². The zero-order valence-corrected chi connectivity index (χ0v) is 9.48. The molecule has 1 fully saturated rings. The fourth-order valence-corrected chi connectivity index (χ4v) is 2.12. The maximum Gasteiger partial charge on any atom is 0.0991 e. The minimum atomic E-state index is -0.535. The van der Waals surface area contributed by atoms with E-state index in [1.54, 1.807) is 0 Å². The van der Waals surface area contributed by atoms with Gasteiger partial charge in [0.1, 0.15) is 0 Å². The van der Waals surface area contributed by atoms with Crippen LogP contribution in [0.25, 0.3) is 0 Å². The first-order valence-electron chi connectivity index (χ1n) is 5.53. The monoisotopic (exact) mass is 216 g/mol. The molecular formula is C13H16N2O. The highest BCUT2D eigenvalue weighted by atomic mass is 16.3. The molecule has 84 valence electrons. The lowest BCUT2D eigenvalue weighted by atomic mass is 10.1. The molecule has 0 aromatic heterocycles. The molecule has 3 heteroatoms. The number of hydrogen-bond acceptors (Lipinski definition) is 3. The third-order valence-electron chi connectivity index (χ3n) is 3.02. The van der Waals surface area contributed by atoms with E-state index in [1.165, 1.54) is 5.56 Å². The molecule has 3 nitrogen and oxygen atoms in total. The molecule has 1 aromatic rings. The normalized spacial score (nSPS) is 25.6. The maximum atomic E-state index is 9.84. The average molecular weight is 216 g/mol. The second kappa shape index (κ2) is 4.25. The summed E-state index contributed by atoms with van der Waals surface area (Å²) in [6.07, 6.45) is 0.837. The summed E-state index contributed by atoms with van der Waals surface area (Å²) in [6.45, 7) is 4.40. The van der Waals surface area contributed by atoms with Crippen LogP contribution in [0.4, 0.5) is 0 Å². The Bertz CT molecular complexity index is 403. The Hall–Kier alpha value is -1.37. The van der Waals surface area contributed by atoms with Gasteiger partial charge in [-0.2, -0.15) is 5.26 Å². The third kappa shape index (κ3) is 2.60. The molecule has 0 spiro atoms. The lowest BCUT2D eigenvalue weighted by molar-refractivity contribution is 0.0679. The highest BCUT2D eigenvalue weighted by Gasteiger charge is 2.30. The van der Waals surface area contributed by atoms with E-state index in [1.807, 2.05) is 31.2 Å². The van der Waals surface area contributed by atoms with Gasteiger partial charge in [-0.25, -0.2) is 0 Å². The van der Waals surface area contributed by atoms with Gasteiger partial charge in [0.05, 0.1) is 17.2 Å². The fourth-order valence-electron chi connectivity index (χ4n) is 2.12. The molecule has 1 aliphatic rings. The Balaban J connectivity index is 1.97. The van der Waals surface area contributed by atoms with Crippen LogP contribution >= 0.6 is 0 Å². The summed E-state index contributed by atoms with van der Waals surface area (Å²) in [7, 11) is 0. The number of benzene rings is 1. The van der Waals surface area contributed by atoms with Crippen molar-refractivity contribution in [2.45, 2.75) is 25.5 Å². The summed E-state index contributed by atoms with van der Waals surface area (Å²) >= 11 is 0. The summed E-state index contributed by atoms with van der Waals surface area (Å²) < 4.78 is 0. The highest BCUT2D eigenvalue weighted by molar-refractivity contribution is 5.31. The molecule has 1 N–H and O–H groups in total. The predicted molar refractivity (Wildman–Crippen MR) is 61.7 cm³/mol. The van der Waals surface area contributed by atoms with Crippen LogP contribution in [0, 0.1) is 11.3 Å². The fraction of sp³-hybridized carbons (Fsp3) is 0.462. The number of aliphatic hydroxyl groups is 1. The molecule has 1 atom stereocenters. The van der Waals surface area contributed by atoms with Gasteiger partial charge in [0, 0.05) is 19.6 Å². The maximum absolute atomic E-state index is 9.84. The Morgan fingerprint density at radius 1 is 1.44 bits per heavy atom. The molecule has 16 heavy (non-hydrogen) atoms. The van der Waals surface area contributed by atoms with Crippen LogP contribution in [0.1, 0.15) is 24.5 Å². The summed E-state index contributed by atoms with van der Waals surface area (Å²) in [4.78, 5) is 2.24. The molecule has 0 aliphatic carbocycles. The molecule has 0 radical (unpaired) electrons. The van der Waals surface area contributed by atoms with Crippen LogP contribution in [0.3, 0.4) is 0 Å². The van der Waals surface area contributed by atoms with E-state index in [9.17, 15) is 5.11 Å². The lowest BCUT2D eigenvalue weighted by Crippen LogP contribution is -2.29. The molecule has 1 aromatic carbocycles. The first kappa shape index (κ1) is 11.1. The summed E-state index contributed by atoms with van der Waals surface area (Å²) in [5.41, 5.74) is 1.35. The molecule has 0 amide bonds. The third-order valence-corrected chi connectivity index (χ3v) is 3.02. The number of rotatable bonds is 2. The van der Waals surface area contributed by atoms with Crippen molar-refractivity contribution in [3.8, 4) is 6.07 Å². The number of likely N-dealkylation sites (tertiary alicyclic amines) is 1. The van der Waals surface area contributed by atoms with Crippen molar-refractivity contribution in [1.29, 1.82) is 5.26 Å². The van der Waals surface area contributed by atoms with Crippen molar-refractivity contribution < 1.29 is 5.11 Å². The van der Waals surface area contributed by atoms with Crippen molar-refractivity contribution in [3.63, 3.8) is 0 Å². The Morgan fingerprint density at radius 3 is 2.62 bits per heavy atom. The Kier molecular flexibility index (Phi) is 2.95.